The number of carbonyl (C=O) groups is 1. The van der Waals surface area contributed by atoms with E-state index in [1.165, 1.54) is 0 Å². The van der Waals surface area contributed by atoms with Crippen molar-refractivity contribution in [1.29, 1.82) is 0 Å². The molecule has 0 aromatic carbocycles. The summed E-state index contributed by atoms with van der Waals surface area (Å²) in [5.41, 5.74) is 6.56. The van der Waals surface area contributed by atoms with Crippen LogP contribution in [0.5, 0.6) is 0 Å². The molecule has 1 aliphatic carbocycles. The van der Waals surface area contributed by atoms with Crippen molar-refractivity contribution in [3.63, 3.8) is 0 Å². The molecule has 1 aromatic heterocycles. The summed E-state index contributed by atoms with van der Waals surface area (Å²) in [5.74, 6) is 1.85. The molecule has 2 atom stereocenters. The summed E-state index contributed by atoms with van der Waals surface area (Å²) in [6.07, 6.45) is 3.10. The first-order chi connectivity index (χ1) is 8.61. The summed E-state index contributed by atoms with van der Waals surface area (Å²) in [6, 6.07) is 0. The molecular formula is C13H21N3O2. The third-order valence-corrected chi connectivity index (χ3v) is 3.79. The van der Waals surface area contributed by atoms with Crippen LogP contribution in [0.25, 0.3) is 0 Å². The van der Waals surface area contributed by atoms with Crippen LogP contribution in [0.4, 0.5) is 0 Å². The highest BCUT2D eigenvalue weighted by Gasteiger charge is 2.31. The Bertz CT molecular complexity index is 408. The third-order valence-electron chi connectivity index (χ3n) is 3.79. The highest BCUT2D eigenvalue weighted by molar-refractivity contribution is 5.79. The summed E-state index contributed by atoms with van der Waals surface area (Å²) in [4.78, 5) is 16.3. The van der Waals surface area contributed by atoms with Crippen molar-refractivity contribution in [1.82, 2.24) is 10.3 Å². The van der Waals surface area contributed by atoms with Crippen LogP contribution in [0.15, 0.2) is 4.42 Å². The van der Waals surface area contributed by atoms with Gasteiger partial charge in [-0.3, -0.25) is 4.79 Å². The fourth-order valence-corrected chi connectivity index (χ4v) is 2.57. The Morgan fingerprint density at radius 2 is 2.28 bits per heavy atom. The first-order valence-electron chi connectivity index (χ1n) is 6.52. The molecule has 3 N–H and O–H groups in total. The topological polar surface area (TPSA) is 81.2 Å². The predicted molar refractivity (Wildman–Crippen MR) is 67.7 cm³/mol. The van der Waals surface area contributed by atoms with E-state index >= 15 is 0 Å². The van der Waals surface area contributed by atoms with E-state index < -0.39 is 0 Å². The molecule has 1 heterocycles. The monoisotopic (exact) mass is 251 g/mol. The van der Waals surface area contributed by atoms with Crippen molar-refractivity contribution in [3.8, 4) is 0 Å². The van der Waals surface area contributed by atoms with Gasteiger partial charge in [0.1, 0.15) is 5.76 Å². The van der Waals surface area contributed by atoms with Crippen LogP contribution < -0.4 is 11.1 Å². The number of oxazole rings is 1. The quantitative estimate of drug-likeness (QED) is 0.844. The zero-order chi connectivity index (χ0) is 13.1. The van der Waals surface area contributed by atoms with Crippen LogP contribution in [0, 0.1) is 25.7 Å². The molecule has 0 saturated heterocycles. The number of hydrogen-bond donors (Lipinski definition) is 2. The predicted octanol–water partition coefficient (Wildman–Crippen LogP) is 1.28. The summed E-state index contributed by atoms with van der Waals surface area (Å²) >= 11 is 0. The van der Waals surface area contributed by atoms with E-state index in [0.717, 1.165) is 30.7 Å². The van der Waals surface area contributed by atoms with Gasteiger partial charge in [-0.05, 0) is 39.2 Å². The van der Waals surface area contributed by atoms with Crippen LogP contribution in [0.3, 0.4) is 0 Å². The molecule has 1 saturated carbocycles. The van der Waals surface area contributed by atoms with Crippen molar-refractivity contribution in [2.75, 3.05) is 6.54 Å². The summed E-state index contributed by atoms with van der Waals surface area (Å²) < 4.78 is 5.43. The number of aromatic nitrogens is 1. The smallest absolute Gasteiger partial charge is 0.223 e. The fraction of sp³-hybridized carbons (Fsp3) is 0.692. The fourth-order valence-electron chi connectivity index (χ4n) is 2.57. The molecule has 5 heteroatoms. The number of aryl methyl sites for hydroxylation is 2. The third kappa shape index (κ3) is 2.72. The number of nitrogens with one attached hydrogen (secondary N) is 1. The van der Waals surface area contributed by atoms with Gasteiger partial charge in [-0.2, -0.15) is 0 Å². The highest BCUT2D eigenvalue weighted by atomic mass is 16.4. The van der Waals surface area contributed by atoms with Crippen LogP contribution in [-0.4, -0.2) is 17.4 Å². The SMILES string of the molecule is Cc1nc(CNC(=O)C2CCCC2CN)oc1C. The Hall–Kier alpha value is -1.36. The van der Waals surface area contributed by atoms with Crippen LogP contribution in [0.2, 0.25) is 0 Å². The minimum absolute atomic E-state index is 0.0622. The lowest BCUT2D eigenvalue weighted by Crippen LogP contribution is -2.34. The highest BCUT2D eigenvalue weighted by Crippen LogP contribution is 2.30. The van der Waals surface area contributed by atoms with Gasteiger partial charge in [0.05, 0.1) is 12.2 Å². The largest absolute Gasteiger partial charge is 0.444 e. The van der Waals surface area contributed by atoms with Gasteiger partial charge in [0.15, 0.2) is 0 Å². The molecule has 100 valence electrons. The molecule has 2 unspecified atom stereocenters. The zero-order valence-corrected chi connectivity index (χ0v) is 11.0. The van der Waals surface area contributed by atoms with Crippen LogP contribution in [-0.2, 0) is 11.3 Å². The Balaban J connectivity index is 1.88. The molecule has 1 aliphatic rings. The Kier molecular flexibility index (Phi) is 4.01. The van der Waals surface area contributed by atoms with Crippen molar-refractivity contribution in [2.45, 2.75) is 39.7 Å². The molecule has 0 bridgehead atoms. The molecule has 2 rings (SSSR count). The minimum atomic E-state index is 0.0622. The van der Waals surface area contributed by atoms with E-state index in [9.17, 15) is 4.79 Å². The van der Waals surface area contributed by atoms with Gasteiger partial charge < -0.3 is 15.5 Å². The van der Waals surface area contributed by atoms with E-state index in [4.69, 9.17) is 10.2 Å². The molecule has 0 spiro atoms. The number of amides is 1. The lowest BCUT2D eigenvalue weighted by Gasteiger charge is -2.16. The average Bonchev–Trinajstić information content (AvgIpc) is 2.94. The lowest BCUT2D eigenvalue weighted by atomic mass is 9.95. The summed E-state index contributed by atoms with van der Waals surface area (Å²) in [7, 11) is 0. The van der Waals surface area contributed by atoms with E-state index in [-0.39, 0.29) is 11.8 Å². The van der Waals surface area contributed by atoms with Gasteiger partial charge in [-0.15, -0.1) is 0 Å². The summed E-state index contributed by atoms with van der Waals surface area (Å²) in [6.45, 7) is 4.72. The molecular weight excluding hydrogens is 230 g/mol. The van der Waals surface area contributed by atoms with Crippen molar-refractivity contribution in [2.24, 2.45) is 17.6 Å². The second kappa shape index (κ2) is 5.52. The minimum Gasteiger partial charge on any atom is -0.444 e. The van der Waals surface area contributed by atoms with Crippen molar-refractivity contribution < 1.29 is 9.21 Å². The average molecular weight is 251 g/mol. The molecule has 0 aliphatic heterocycles. The maximum absolute atomic E-state index is 12.0. The molecule has 18 heavy (non-hydrogen) atoms. The number of nitrogens with zero attached hydrogens (tertiary/aromatic N) is 1. The second-order valence-electron chi connectivity index (χ2n) is 5.00. The van der Waals surface area contributed by atoms with Crippen molar-refractivity contribution in [3.05, 3.63) is 17.3 Å². The maximum Gasteiger partial charge on any atom is 0.223 e. The first-order valence-corrected chi connectivity index (χ1v) is 6.52. The van der Waals surface area contributed by atoms with E-state index in [1.54, 1.807) is 0 Å². The molecule has 5 nitrogen and oxygen atoms in total. The van der Waals surface area contributed by atoms with Gasteiger partial charge in [0.2, 0.25) is 11.8 Å². The zero-order valence-electron chi connectivity index (χ0n) is 11.0. The molecule has 1 amide bonds. The van der Waals surface area contributed by atoms with Gasteiger partial charge in [0.25, 0.3) is 0 Å². The number of hydrogen-bond acceptors (Lipinski definition) is 4. The molecule has 1 fully saturated rings. The maximum atomic E-state index is 12.0. The van der Waals surface area contributed by atoms with Gasteiger partial charge in [-0.25, -0.2) is 4.98 Å². The number of carbonyl (C=O) groups excluding carboxylic acids is 1. The van der Waals surface area contributed by atoms with Crippen LogP contribution >= 0.6 is 0 Å². The summed E-state index contributed by atoms with van der Waals surface area (Å²) in [5, 5.41) is 2.90. The van der Waals surface area contributed by atoms with E-state index in [1.807, 2.05) is 13.8 Å². The molecule has 1 aromatic rings. The molecule has 0 radical (unpaired) electrons. The van der Waals surface area contributed by atoms with Crippen LogP contribution in [0.1, 0.15) is 36.6 Å². The Morgan fingerprint density at radius 3 is 2.89 bits per heavy atom. The number of nitrogens with two attached hydrogens (primary N) is 1. The van der Waals surface area contributed by atoms with Gasteiger partial charge >= 0.3 is 0 Å². The normalized spacial score (nSPS) is 23.3. The second-order valence-corrected chi connectivity index (χ2v) is 5.00. The number of rotatable bonds is 4. The standard InChI is InChI=1S/C13H21N3O2/c1-8-9(2)18-12(16-8)7-15-13(17)11-5-3-4-10(11)6-14/h10-11H,3-7,14H2,1-2H3,(H,15,17). The van der Waals surface area contributed by atoms with E-state index in [2.05, 4.69) is 10.3 Å². The Labute approximate surface area is 107 Å². The van der Waals surface area contributed by atoms with E-state index in [0.29, 0.717) is 24.9 Å². The Morgan fingerprint density at radius 1 is 1.50 bits per heavy atom. The first kappa shape index (κ1) is 13.1. The van der Waals surface area contributed by atoms with Gasteiger partial charge in [0, 0.05) is 5.92 Å². The van der Waals surface area contributed by atoms with Gasteiger partial charge in [-0.1, -0.05) is 6.42 Å². The lowest BCUT2D eigenvalue weighted by molar-refractivity contribution is -0.126. The van der Waals surface area contributed by atoms with Crippen molar-refractivity contribution >= 4 is 5.91 Å².